The van der Waals surface area contributed by atoms with Crippen molar-refractivity contribution < 1.29 is 0 Å². The molecular formula is C28H22Si. The Hall–Kier alpha value is -3.42. The van der Waals surface area contributed by atoms with Crippen molar-refractivity contribution in [2.45, 2.75) is 0 Å². The predicted molar refractivity (Wildman–Crippen MR) is 129 cm³/mol. The Morgan fingerprint density at radius 1 is 0.345 bits per heavy atom. The maximum absolute atomic E-state index is 2.22. The van der Waals surface area contributed by atoms with Crippen LogP contribution in [-0.4, -0.2) is 9.52 Å². The van der Waals surface area contributed by atoms with Gasteiger partial charge in [-0.25, -0.2) is 0 Å². The van der Waals surface area contributed by atoms with Crippen LogP contribution in [0.15, 0.2) is 109 Å². The second-order valence-corrected chi connectivity index (χ2v) is 8.26. The quantitative estimate of drug-likeness (QED) is 0.295. The molecule has 1 heteroatoms. The van der Waals surface area contributed by atoms with Gasteiger partial charge in [-0.1, -0.05) is 144 Å². The lowest BCUT2D eigenvalue weighted by molar-refractivity contribution is 1.62. The Bertz CT molecular complexity index is 1070. The van der Waals surface area contributed by atoms with Gasteiger partial charge < -0.3 is 0 Å². The van der Waals surface area contributed by atoms with Crippen LogP contribution in [0.1, 0.15) is 22.3 Å². The van der Waals surface area contributed by atoms with E-state index in [1.807, 2.05) is 6.07 Å². The van der Waals surface area contributed by atoms with Gasteiger partial charge in [0.25, 0.3) is 0 Å². The summed E-state index contributed by atoms with van der Waals surface area (Å²) in [6.45, 7) is 0. The first kappa shape index (κ1) is 18.9. The zero-order valence-corrected chi connectivity index (χ0v) is 17.2. The summed E-state index contributed by atoms with van der Waals surface area (Å²) in [5.41, 5.74) is 4.85. The second kappa shape index (κ2) is 9.68. The van der Waals surface area contributed by atoms with Crippen molar-refractivity contribution in [2.24, 2.45) is 0 Å². The lowest BCUT2D eigenvalue weighted by atomic mass is 10.1. The Morgan fingerprint density at radius 3 is 1.17 bits per heavy atom. The average Bonchev–Trinajstić information content (AvgIpc) is 2.79. The zero-order valence-electron chi connectivity index (χ0n) is 16.2. The molecule has 0 spiro atoms. The molecule has 0 heterocycles. The molecule has 0 saturated heterocycles. The lowest BCUT2D eigenvalue weighted by Gasteiger charge is -2.01. The highest BCUT2D eigenvalue weighted by Crippen LogP contribution is 2.12. The summed E-state index contributed by atoms with van der Waals surface area (Å²) in [5, 5.41) is 2.74. The van der Waals surface area contributed by atoms with Gasteiger partial charge in [0.05, 0.1) is 0 Å². The fourth-order valence-corrected chi connectivity index (χ4v) is 4.06. The van der Waals surface area contributed by atoms with E-state index in [0.29, 0.717) is 9.52 Å². The van der Waals surface area contributed by atoms with Gasteiger partial charge in [-0.05, 0) is 22.3 Å². The first-order chi connectivity index (χ1) is 14.3. The predicted octanol–water partition coefficient (Wildman–Crippen LogP) is 5.68. The summed E-state index contributed by atoms with van der Waals surface area (Å²) >= 11 is 0. The Morgan fingerprint density at radius 2 is 0.690 bits per heavy atom. The Balaban J connectivity index is 1.37. The van der Waals surface area contributed by atoms with Crippen molar-refractivity contribution in [1.82, 2.24) is 0 Å². The van der Waals surface area contributed by atoms with E-state index in [1.54, 1.807) is 0 Å². The minimum atomic E-state index is 0.705. The largest absolute Gasteiger partial charge is 0.121 e. The SMILES string of the molecule is C(=Cc1ccc(C=Cc2ccc([Si]c3ccccc3)cc2)cc1)c1ccccc1. The molecule has 29 heavy (non-hydrogen) atoms. The molecule has 4 aromatic rings. The van der Waals surface area contributed by atoms with Gasteiger partial charge in [0.15, 0.2) is 0 Å². The molecular weight excluding hydrogens is 364 g/mol. The molecule has 0 aromatic heterocycles. The molecule has 2 radical (unpaired) electrons. The van der Waals surface area contributed by atoms with Gasteiger partial charge >= 0.3 is 0 Å². The third kappa shape index (κ3) is 5.77. The van der Waals surface area contributed by atoms with Gasteiger partial charge in [-0.15, -0.1) is 0 Å². The minimum Gasteiger partial charge on any atom is -0.0631 e. The average molecular weight is 387 g/mol. The van der Waals surface area contributed by atoms with Gasteiger partial charge in [0.1, 0.15) is 9.52 Å². The first-order valence-corrected chi connectivity index (χ1v) is 10.8. The fourth-order valence-electron chi connectivity index (χ4n) is 3.03. The molecule has 0 saturated carbocycles. The molecule has 0 bridgehead atoms. The van der Waals surface area contributed by atoms with E-state index in [2.05, 4.69) is 127 Å². The van der Waals surface area contributed by atoms with Crippen LogP contribution in [0.3, 0.4) is 0 Å². The van der Waals surface area contributed by atoms with Gasteiger partial charge in [-0.2, -0.15) is 0 Å². The molecule has 0 fully saturated rings. The normalized spacial score (nSPS) is 11.3. The molecule has 0 aliphatic heterocycles. The van der Waals surface area contributed by atoms with E-state index in [-0.39, 0.29) is 0 Å². The number of rotatable bonds is 6. The van der Waals surface area contributed by atoms with Crippen LogP contribution in [0.25, 0.3) is 24.3 Å². The van der Waals surface area contributed by atoms with Crippen LogP contribution in [-0.2, 0) is 0 Å². The van der Waals surface area contributed by atoms with Crippen LogP contribution in [0.4, 0.5) is 0 Å². The standard InChI is InChI=1S/C28H22Si/c1-3-7-23(8-4-1)11-12-24-13-15-25(16-14-24)17-18-26-19-21-28(22-20-26)29-27-9-5-2-6-10-27/h1-22H. The Labute approximate surface area is 175 Å². The lowest BCUT2D eigenvalue weighted by Crippen LogP contribution is -2.26. The molecule has 0 aliphatic rings. The molecule has 0 nitrogen and oxygen atoms in total. The van der Waals surface area contributed by atoms with Gasteiger partial charge in [0, 0.05) is 0 Å². The molecule has 0 unspecified atom stereocenters. The number of benzene rings is 4. The van der Waals surface area contributed by atoms with Gasteiger partial charge in [-0.3, -0.25) is 0 Å². The zero-order chi connectivity index (χ0) is 19.7. The first-order valence-electron chi connectivity index (χ1n) is 9.79. The smallest absolute Gasteiger partial charge is 0.0631 e. The van der Waals surface area contributed by atoms with E-state index < -0.39 is 0 Å². The van der Waals surface area contributed by atoms with Crippen LogP contribution in [0.5, 0.6) is 0 Å². The van der Waals surface area contributed by atoms with Crippen LogP contribution in [0.2, 0.25) is 0 Å². The van der Waals surface area contributed by atoms with Gasteiger partial charge in [0.2, 0.25) is 0 Å². The van der Waals surface area contributed by atoms with E-state index in [4.69, 9.17) is 0 Å². The third-order valence-corrected chi connectivity index (χ3v) is 5.89. The monoisotopic (exact) mass is 386 g/mol. The third-order valence-electron chi connectivity index (χ3n) is 4.65. The summed E-state index contributed by atoms with van der Waals surface area (Å²) in [5.74, 6) is 0. The maximum atomic E-state index is 2.22. The molecule has 0 aliphatic carbocycles. The van der Waals surface area contributed by atoms with E-state index >= 15 is 0 Å². The van der Waals surface area contributed by atoms with Crippen molar-refractivity contribution in [3.8, 4) is 0 Å². The summed E-state index contributed by atoms with van der Waals surface area (Å²) in [6, 6.07) is 38.5. The van der Waals surface area contributed by atoms with E-state index in [9.17, 15) is 0 Å². The topological polar surface area (TPSA) is 0 Å². The summed E-state index contributed by atoms with van der Waals surface area (Å²) in [6.07, 6.45) is 8.63. The molecule has 138 valence electrons. The van der Waals surface area contributed by atoms with Crippen LogP contribution in [0, 0.1) is 0 Å². The van der Waals surface area contributed by atoms with Crippen molar-refractivity contribution >= 4 is 44.2 Å². The summed E-state index contributed by atoms with van der Waals surface area (Å²) in [4.78, 5) is 0. The van der Waals surface area contributed by atoms with Crippen molar-refractivity contribution in [3.63, 3.8) is 0 Å². The molecule has 4 aromatic carbocycles. The highest BCUT2D eigenvalue weighted by atomic mass is 28.2. The van der Waals surface area contributed by atoms with Crippen molar-refractivity contribution in [2.75, 3.05) is 0 Å². The van der Waals surface area contributed by atoms with Crippen LogP contribution >= 0.6 is 0 Å². The van der Waals surface area contributed by atoms with Crippen molar-refractivity contribution in [3.05, 3.63) is 131 Å². The van der Waals surface area contributed by atoms with Crippen molar-refractivity contribution in [1.29, 1.82) is 0 Å². The molecule has 0 atom stereocenters. The van der Waals surface area contributed by atoms with E-state index in [1.165, 1.54) is 32.6 Å². The summed E-state index contributed by atoms with van der Waals surface area (Å²) in [7, 11) is 0.705. The Kier molecular flexibility index (Phi) is 6.31. The second-order valence-electron chi connectivity index (χ2n) is 6.86. The summed E-state index contributed by atoms with van der Waals surface area (Å²) < 4.78 is 0. The maximum Gasteiger partial charge on any atom is 0.121 e. The molecule has 0 amide bonds. The number of hydrogen-bond acceptors (Lipinski definition) is 0. The van der Waals surface area contributed by atoms with E-state index in [0.717, 1.165) is 0 Å². The highest BCUT2D eigenvalue weighted by molar-refractivity contribution is 6.67. The van der Waals surface area contributed by atoms with Crippen LogP contribution < -0.4 is 10.4 Å². The molecule has 0 N–H and O–H groups in total. The number of hydrogen-bond donors (Lipinski definition) is 0. The molecule has 4 rings (SSSR count). The fraction of sp³-hybridized carbons (Fsp3) is 0. The highest BCUT2D eigenvalue weighted by Gasteiger charge is 1.97. The minimum absolute atomic E-state index is 0.705.